The number of hydrogen-bond donors (Lipinski definition) is 4. The molecule has 45 heavy (non-hydrogen) atoms. The molecule has 2 atom stereocenters. The zero-order valence-electron chi connectivity index (χ0n) is 28.6. The van der Waals surface area contributed by atoms with Crippen LogP contribution in [0.5, 0.6) is 0 Å². The SMILES string of the molecule is CCCCCCC/C=C\C(CCCCCCC(=O)NCC(=O)NC(CO)C(=O)O)OC(=O)CCCCCCCCCCCCC. The molecule has 0 aliphatic carbocycles. The highest BCUT2D eigenvalue weighted by Crippen LogP contribution is 2.15. The number of carboxylic acids is 1. The standard InChI is InChI=1S/C36H66N2O7/c1-3-5-7-9-11-12-13-14-16-18-24-28-35(42)45-31(25-21-17-15-10-8-6-4-2)26-22-19-20-23-27-33(40)37-29-34(41)38-32(30-39)36(43)44/h21,25,31-32,39H,3-20,22-24,26-30H2,1-2H3,(H,37,40)(H,38,41)(H,43,44)/b25-21-. The predicted molar refractivity (Wildman–Crippen MR) is 181 cm³/mol. The van der Waals surface area contributed by atoms with Crippen LogP contribution in [0.4, 0.5) is 0 Å². The number of carboxylic acid groups (broad SMARTS) is 1. The maximum absolute atomic E-state index is 12.6. The van der Waals surface area contributed by atoms with E-state index in [1.165, 1.54) is 83.5 Å². The molecule has 9 heteroatoms. The quantitative estimate of drug-likeness (QED) is 0.0339. The molecule has 0 aromatic carbocycles. The van der Waals surface area contributed by atoms with Gasteiger partial charge in [0.1, 0.15) is 12.1 Å². The number of allylic oxidation sites excluding steroid dienone is 1. The number of aliphatic hydroxyl groups is 1. The first-order chi connectivity index (χ1) is 21.8. The molecule has 0 spiro atoms. The molecule has 0 heterocycles. The Kier molecular flexibility index (Phi) is 29.9. The van der Waals surface area contributed by atoms with Gasteiger partial charge in [0.25, 0.3) is 0 Å². The zero-order chi connectivity index (χ0) is 33.4. The Bertz CT molecular complexity index is 787. The van der Waals surface area contributed by atoms with Crippen molar-refractivity contribution in [2.24, 2.45) is 0 Å². The largest absolute Gasteiger partial charge is 0.480 e. The van der Waals surface area contributed by atoms with Crippen molar-refractivity contribution < 1.29 is 34.1 Å². The Labute approximate surface area is 273 Å². The van der Waals surface area contributed by atoms with Gasteiger partial charge in [-0.25, -0.2) is 4.79 Å². The van der Waals surface area contributed by atoms with Gasteiger partial charge < -0.3 is 25.6 Å². The van der Waals surface area contributed by atoms with Gasteiger partial charge in [0, 0.05) is 12.8 Å². The summed E-state index contributed by atoms with van der Waals surface area (Å²) in [5, 5.41) is 22.4. The average molecular weight is 639 g/mol. The highest BCUT2D eigenvalue weighted by molar-refractivity contribution is 5.87. The van der Waals surface area contributed by atoms with Crippen molar-refractivity contribution in [2.75, 3.05) is 13.2 Å². The van der Waals surface area contributed by atoms with Crippen molar-refractivity contribution in [3.63, 3.8) is 0 Å². The summed E-state index contributed by atoms with van der Waals surface area (Å²) in [5.41, 5.74) is 0. The summed E-state index contributed by atoms with van der Waals surface area (Å²) >= 11 is 0. The molecule has 2 unspecified atom stereocenters. The van der Waals surface area contributed by atoms with Gasteiger partial charge in [-0.05, 0) is 44.6 Å². The van der Waals surface area contributed by atoms with Crippen molar-refractivity contribution in [2.45, 2.75) is 180 Å². The highest BCUT2D eigenvalue weighted by Gasteiger charge is 2.18. The molecule has 4 N–H and O–H groups in total. The van der Waals surface area contributed by atoms with Gasteiger partial charge in [0.15, 0.2) is 0 Å². The van der Waals surface area contributed by atoms with Crippen molar-refractivity contribution in [1.29, 1.82) is 0 Å². The molecule has 0 aliphatic heterocycles. The van der Waals surface area contributed by atoms with Crippen LogP contribution in [0.2, 0.25) is 0 Å². The van der Waals surface area contributed by atoms with Gasteiger partial charge in [-0.3, -0.25) is 14.4 Å². The van der Waals surface area contributed by atoms with Gasteiger partial charge in [-0.1, -0.05) is 123 Å². The number of hydrogen-bond acceptors (Lipinski definition) is 6. The Morgan fingerprint density at radius 3 is 1.73 bits per heavy atom. The van der Waals surface area contributed by atoms with Crippen LogP contribution >= 0.6 is 0 Å². The first-order valence-corrected chi connectivity index (χ1v) is 18.1. The van der Waals surface area contributed by atoms with Gasteiger partial charge in [-0.2, -0.15) is 0 Å². The summed E-state index contributed by atoms with van der Waals surface area (Å²) in [6.45, 7) is 3.41. The van der Waals surface area contributed by atoms with E-state index in [1.54, 1.807) is 0 Å². The van der Waals surface area contributed by atoms with Crippen LogP contribution in [0.3, 0.4) is 0 Å². The molecule has 0 saturated carbocycles. The number of unbranched alkanes of at least 4 members (excludes halogenated alkanes) is 18. The normalized spacial score (nSPS) is 12.6. The highest BCUT2D eigenvalue weighted by atomic mass is 16.5. The van der Waals surface area contributed by atoms with Crippen molar-refractivity contribution >= 4 is 23.8 Å². The Hall–Kier alpha value is -2.42. The third-order valence-corrected chi connectivity index (χ3v) is 8.00. The second kappa shape index (κ2) is 31.6. The molecule has 0 rings (SSSR count). The zero-order valence-corrected chi connectivity index (χ0v) is 28.6. The lowest BCUT2D eigenvalue weighted by Gasteiger charge is -2.15. The maximum atomic E-state index is 12.6. The monoisotopic (exact) mass is 638 g/mol. The first-order valence-electron chi connectivity index (χ1n) is 18.1. The molecule has 0 aromatic rings. The first kappa shape index (κ1) is 42.6. The minimum Gasteiger partial charge on any atom is -0.480 e. The van der Waals surface area contributed by atoms with Gasteiger partial charge >= 0.3 is 11.9 Å². The fourth-order valence-electron chi connectivity index (χ4n) is 5.15. The number of aliphatic hydroxyl groups excluding tert-OH is 1. The molecule has 0 bridgehead atoms. The molecule has 0 aromatic heterocycles. The second-order valence-electron chi connectivity index (χ2n) is 12.3. The van der Waals surface area contributed by atoms with Crippen LogP contribution in [0.1, 0.15) is 168 Å². The van der Waals surface area contributed by atoms with E-state index in [0.717, 1.165) is 51.4 Å². The molecule has 0 fully saturated rings. The molecule has 2 amide bonds. The third-order valence-electron chi connectivity index (χ3n) is 8.00. The minimum absolute atomic E-state index is 0.113. The van der Waals surface area contributed by atoms with Crippen molar-refractivity contribution in [1.82, 2.24) is 10.6 Å². The Balaban J connectivity index is 4.28. The van der Waals surface area contributed by atoms with Crippen LogP contribution in [0.15, 0.2) is 12.2 Å². The molecule has 0 radical (unpaired) electrons. The number of amides is 2. The summed E-state index contributed by atoms with van der Waals surface area (Å²) in [6.07, 6.45) is 29.7. The lowest BCUT2D eigenvalue weighted by molar-refractivity contribution is -0.147. The number of carbonyl (C=O) groups is 4. The number of rotatable bonds is 32. The van der Waals surface area contributed by atoms with E-state index in [2.05, 4.69) is 36.6 Å². The lowest BCUT2D eigenvalue weighted by atomic mass is 10.1. The van der Waals surface area contributed by atoms with Crippen LogP contribution in [0.25, 0.3) is 0 Å². The number of aliphatic carboxylic acids is 1. The smallest absolute Gasteiger partial charge is 0.328 e. The van der Waals surface area contributed by atoms with Crippen LogP contribution in [-0.4, -0.2) is 59.3 Å². The van der Waals surface area contributed by atoms with E-state index in [4.69, 9.17) is 14.9 Å². The van der Waals surface area contributed by atoms with Crippen LogP contribution in [-0.2, 0) is 23.9 Å². The van der Waals surface area contributed by atoms with Crippen LogP contribution < -0.4 is 10.6 Å². The topological polar surface area (TPSA) is 142 Å². The molecular weight excluding hydrogens is 572 g/mol. The van der Waals surface area contributed by atoms with E-state index in [1.807, 2.05) is 0 Å². The number of esters is 1. The predicted octanol–water partition coefficient (Wildman–Crippen LogP) is 7.53. The summed E-state index contributed by atoms with van der Waals surface area (Å²) in [4.78, 5) is 47.2. The fourth-order valence-corrected chi connectivity index (χ4v) is 5.15. The molecule has 262 valence electrons. The van der Waals surface area contributed by atoms with Crippen molar-refractivity contribution in [3.8, 4) is 0 Å². The Morgan fingerprint density at radius 2 is 1.18 bits per heavy atom. The van der Waals surface area contributed by atoms with E-state index in [0.29, 0.717) is 12.8 Å². The summed E-state index contributed by atoms with van der Waals surface area (Å²) in [6, 6.07) is -1.39. The number of nitrogens with one attached hydrogen (secondary N) is 2. The average Bonchev–Trinajstić information content (AvgIpc) is 3.02. The molecule has 9 nitrogen and oxygen atoms in total. The number of ether oxygens (including phenoxy) is 1. The fraction of sp³-hybridized carbons (Fsp3) is 0.833. The van der Waals surface area contributed by atoms with Gasteiger partial charge in [0.2, 0.25) is 11.8 Å². The molecular formula is C36H66N2O7. The van der Waals surface area contributed by atoms with Gasteiger partial charge in [-0.15, -0.1) is 0 Å². The van der Waals surface area contributed by atoms with Crippen LogP contribution in [0, 0.1) is 0 Å². The van der Waals surface area contributed by atoms with E-state index in [9.17, 15) is 19.2 Å². The summed E-state index contributed by atoms with van der Waals surface area (Å²) in [7, 11) is 0. The molecule has 0 saturated heterocycles. The summed E-state index contributed by atoms with van der Waals surface area (Å²) in [5.74, 6) is -2.39. The minimum atomic E-state index is -1.39. The van der Waals surface area contributed by atoms with E-state index >= 15 is 0 Å². The lowest BCUT2D eigenvalue weighted by Crippen LogP contribution is -2.47. The Morgan fingerprint density at radius 1 is 0.667 bits per heavy atom. The summed E-state index contributed by atoms with van der Waals surface area (Å²) < 4.78 is 5.86. The second-order valence-corrected chi connectivity index (χ2v) is 12.3. The number of carbonyl (C=O) groups excluding carboxylic acids is 3. The van der Waals surface area contributed by atoms with Crippen molar-refractivity contribution in [3.05, 3.63) is 12.2 Å². The third kappa shape index (κ3) is 28.8. The maximum Gasteiger partial charge on any atom is 0.328 e. The van der Waals surface area contributed by atoms with E-state index in [-0.39, 0.29) is 30.9 Å². The van der Waals surface area contributed by atoms with E-state index < -0.39 is 24.5 Å². The van der Waals surface area contributed by atoms with Gasteiger partial charge in [0.05, 0.1) is 13.2 Å². The molecule has 0 aliphatic rings.